The number of rotatable bonds is 8. The highest BCUT2D eigenvalue weighted by atomic mass is 32.1. The maximum absolute atomic E-state index is 13.4. The van der Waals surface area contributed by atoms with E-state index in [9.17, 15) is 14.4 Å². The number of imide groups is 1. The lowest BCUT2D eigenvalue weighted by atomic mass is 10.1. The fraction of sp³-hybridized carbons (Fsp3) is 0.240. The van der Waals surface area contributed by atoms with Crippen molar-refractivity contribution in [3.8, 4) is 5.75 Å². The van der Waals surface area contributed by atoms with E-state index in [0.717, 1.165) is 16.2 Å². The van der Waals surface area contributed by atoms with Gasteiger partial charge in [-0.3, -0.25) is 19.3 Å². The second kappa shape index (κ2) is 9.36. The van der Waals surface area contributed by atoms with Crippen molar-refractivity contribution in [3.05, 3.63) is 87.6 Å². The van der Waals surface area contributed by atoms with Crippen LogP contribution in [0.4, 0.5) is 0 Å². The number of thiophene rings is 1. The van der Waals surface area contributed by atoms with E-state index in [-0.39, 0.29) is 18.5 Å². The van der Waals surface area contributed by atoms with Crippen molar-refractivity contribution in [2.24, 2.45) is 0 Å². The summed E-state index contributed by atoms with van der Waals surface area (Å²) in [5.74, 6) is -0.368. The second-order valence-corrected chi connectivity index (χ2v) is 8.78. The van der Waals surface area contributed by atoms with Crippen LogP contribution in [-0.4, -0.2) is 47.2 Å². The lowest BCUT2D eigenvalue weighted by molar-refractivity contribution is -0.134. The third-order valence-electron chi connectivity index (χ3n) is 5.61. The number of benzene rings is 2. The van der Waals surface area contributed by atoms with Gasteiger partial charge in [-0.15, -0.1) is 11.3 Å². The highest BCUT2D eigenvalue weighted by molar-refractivity contribution is 7.09. The van der Waals surface area contributed by atoms with Crippen LogP contribution in [-0.2, 0) is 17.8 Å². The zero-order chi connectivity index (χ0) is 22.7. The molecule has 164 valence electrons. The molecule has 0 unspecified atom stereocenters. The molecular formula is C25H24N2O4S. The molecule has 1 atom stereocenters. The summed E-state index contributed by atoms with van der Waals surface area (Å²) in [5, 5.41) is 2.01. The minimum Gasteiger partial charge on any atom is -0.497 e. The van der Waals surface area contributed by atoms with Gasteiger partial charge in [0.15, 0.2) is 0 Å². The van der Waals surface area contributed by atoms with E-state index in [1.165, 1.54) is 4.88 Å². The predicted molar refractivity (Wildman–Crippen MR) is 123 cm³/mol. The smallest absolute Gasteiger partial charge is 0.262 e. The standard InChI is InChI=1S/C25H24N2O4S/c1-17(14-20-6-5-13-32-20)26(15-18-9-11-19(31-2)12-10-18)23(28)16-27-24(29)21-7-3-4-8-22(21)25(27)30/h3-13,17H,14-16H2,1-2H3/t17-/m1/s1. The van der Waals surface area contributed by atoms with Crippen molar-refractivity contribution in [1.29, 1.82) is 0 Å². The fourth-order valence-electron chi connectivity index (χ4n) is 3.86. The molecule has 0 bridgehead atoms. The van der Waals surface area contributed by atoms with Crippen LogP contribution in [0.5, 0.6) is 5.75 Å². The molecule has 6 nitrogen and oxygen atoms in total. The Morgan fingerprint density at radius 1 is 1.00 bits per heavy atom. The number of nitrogens with zero attached hydrogens (tertiary/aromatic N) is 2. The molecule has 2 aromatic carbocycles. The molecule has 3 aromatic rings. The van der Waals surface area contributed by atoms with Crippen molar-refractivity contribution in [2.45, 2.75) is 25.9 Å². The van der Waals surface area contributed by atoms with E-state index in [0.29, 0.717) is 24.1 Å². The molecule has 0 fully saturated rings. The van der Waals surface area contributed by atoms with Crippen molar-refractivity contribution < 1.29 is 19.1 Å². The maximum Gasteiger partial charge on any atom is 0.262 e. The molecular weight excluding hydrogens is 424 g/mol. The van der Waals surface area contributed by atoms with Gasteiger partial charge < -0.3 is 9.64 Å². The first kappa shape index (κ1) is 21.8. The molecule has 2 heterocycles. The Morgan fingerprint density at radius 2 is 1.66 bits per heavy atom. The third-order valence-corrected chi connectivity index (χ3v) is 6.51. The molecule has 0 saturated carbocycles. The number of hydrogen-bond acceptors (Lipinski definition) is 5. The van der Waals surface area contributed by atoms with Crippen LogP contribution in [0, 0.1) is 0 Å². The number of ether oxygens (including phenoxy) is 1. The first-order valence-corrected chi connectivity index (χ1v) is 11.3. The largest absolute Gasteiger partial charge is 0.497 e. The van der Waals surface area contributed by atoms with Crippen LogP contribution in [0.1, 0.15) is 38.1 Å². The Hall–Kier alpha value is -3.45. The number of fused-ring (bicyclic) bond motifs is 1. The summed E-state index contributed by atoms with van der Waals surface area (Å²) in [6.07, 6.45) is 0.696. The summed E-state index contributed by atoms with van der Waals surface area (Å²) in [4.78, 5) is 42.8. The molecule has 1 aromatic heterocycles. The van der Waals surface area contributed by atoms with Crippen LogP contribution in [0.25, 0.3) is 0 Å². The normalized spacial score (nSPS) is 13.8. The van der Waals surface area contributed by atoms with Crippen LogP contribution in [0.2, 0.25) is 0 Å². The van der Waals surface area contributed by atoms with Gasteiger partial charge in [0.2, 0.25) is 5.91 Å². The molecule has 3 amide bonds. The molecule has 0 N–H and O–H groups in total. The zero-order valence-corrected chi connectivity index (χ0v) is 18.8. The minimum atomic E-state index is -0.422. The summed E-state index contributed by atoms with van der Waals surface area (Å²) in [7, 11) is 1.61. The Bertz CT molecular complexity index is 1090. The molecule has 1 aliphatic rings. The lowest BCUT2D eigenvalue weighted by Crippen LogP contribution is -2.46. The van der Waals surface area contributed by atoms with Crippen LogP contribution in [0.15, 0.2) is 66.0 Å². The number of carbonyl (C=O) groups excluding carboxylic acids is 3. The van der Waals surface area contributed by atoms with Crippen molar-refractivity contribution in [1.82, 2.24) is 9.80 Å². The van der Waals surface area contributed by atoms with Gasteiger partial charge in [0.25, 0.3) is 11.8 Å². The van der Waals surface area contributed by atoms with Gasteiger partial charge in [0.05, 0.1) is 18.2 Å². The minimum absolute atomic E-state index is 0.113. The van der Waals surface area contributed by atoms with Crippen molar-refractivity contribution in [3.63, 3.8) is 0 Å². The molecule has 0 aliphatic carbocycles. The van der Waals surface area contributed by atoms with Crippen molar-refractivity contribution >= 4 is 29.1 Å². The average Bonchev–Trinajstić information content (AvgIpc) is 3.40. The molecule has 0 radical (unpaired) electrons. The first-order valence-electron chi connectivity index (χ1n) is 10.4. The van der Waals surface area contributed by atoms with E-state index >= 15 is 0 Å². The van der Waals surface area contributed by atoms with E-state index in [4.69, 9.17) is 4.74 Å². The number of methoxy groups -OCH3 is 1. The van der Waals surface area contributed by atoms with Crippen LogP contribution < -0.4 is 4.74 Å². The monoisotopic (exact) mass is 448 g/mol. The molecule has 32 heavy (non-hydrogen) atoms. The van der Waals surface area contributed by atoms with Gasteiger partial charge in [-0.1, -0.05) is 30.3 Å². The van der Waals surface area contributed by atoms with Gasteiger partial charge >= 0.3 is 0 Å². The Labute approximate surface area is 191 Å². The van der Waals surface area contributed by atoms with Gasteiger partial charge in [-0.2, -0.15) is 0 Å². The van der Waals surface area contributed by atoms with Gasteiger partial charge in [0, 0.05) is 23.9 Å². The number of carbonyl (C=O) groups is 3. The number of amides is 3. The Morgan fingerprint density at radius 3 is 2.22 bits per heavy atom. The molecule has 4 rings (SSSR count). The Kier molecular flexibility index (Phi) is 6.37. The van der Waals surface area contributed by atoms with E-state index in [2.05, 4.69) is 0 Å². The fourth-order valence-corrected chi connectivity index (χ4v) is 4.68. The van der Waals surface area contributed by atoms with Crippen LogP contribution >= 0.6 is 11.3 Å². The van der Waals surface area contributed by atoms with Gasteiger partial charge in [0.1, 0.15) is 12.3 Å². The quantitative estimate of drug-likeness (QED) is 0.489. The maximum atomic E-state index is 13.4. The van der Waals surface area contributed by atoms with E-state index < -0.39 is 11.8 Å². The summed E-state index contributed by atoms with van der Waals surface area (Å²) in [6, 6.07) is 18.1. The molecule has 0 spiro atoms. The second-order valence-electron chi connectivity index (χ2n) is 7.74. The summed E-state index contributed by atoms with van der Waals surface area (Å²) in [5.41, 5.74) is 1.64. The Balaban J connectivity index is 1.55. The van der Waals surface area contributed by atoms with Gasteiger partial charge in [-0.25, -0.2) is 0 Å². The third kappa shape index (κ3) is 4.43. The highest BCUT2D eigenvalue weighted by Crippen LogP contribution is 2.24. The van der Waals surface area contributed by atoms with Crippen LogP contribution in [0.3, 0.4) is 0 Å². The van der Waals surface area contributed by atoms with Gasteiger partial charge in [-0.05, 0) is 48.2 Å². The summed E-state index contributed by atoms with van der Waals surface area (Å²) in [6.45, 7) is 2.08. The topological polar surface area (TPSA) is 66.9 Å². The molecule has 1 aliphatic heterocycles. The summed E-state index contributed by atoms with van der Waals surface area (Å²) >= 11 is 1.64. The molecule has 0 saturated heterocycles. The number of hydrogen-bond donors (Lipinski definition) is 0. The highest BCUT2D eigenvalue weighted by Gasteiger charge is 2.37. The zero-order valence-electron chi connectivity index (χ0n) is 18.0. The lowest BCUT2D eigenvalue weighted by Gasteiger charge is -2.30. The predicted octanol–water partition coefficient (Wildman–Crippen LogP) is 4.01. The van der Waals surface area contributed by atoms with E-state index in [1.807, 2.05) is 48.7 Å². The van der Waals surface area contributed by atoms with E-state index in [1.54, 1.807) is 47.6 Å². The SMILES string of the molecule is COc1ccc(CN(C(=O)CN2C(=O)c3ccccc3C2=O)[C@H](C)Cc2cccs2)cc1. The average molecular weight is 449 g/mol. The van der Waals surface area contributed by atoms with Crippen molar-refractivity contribution in [2.75, 3.05) is 13.7 Å². The first-order chi connectivity index (χ1) is 15.5. The summed E-state index contributed by atoms with van der Waals surface area (Å²) < 4.78 is 5.22. The molecule has 7 heteroatoms.